The van der Waals surface area contributed by atoms with E-state index in [4.69, 9.17) is 18.9 Å². The number of Topliss-reactive ketones (excluding diaryl/α,β-unsaturated/α-hetero) is 2. The van der Waals surface area contributed by atoms with Gasteiger partial charge in [-0.05, 0) is 6.07 Å². The lowest BCUT2D eigenvalue weighted by atomic mass is 9.76. The molecule has 0 amide bonds. The number of methoxy groups -OCH3 is 3. The van der Waals surface area contributed by atoms with Gasteiger partial charge in [0, 0.05) is 28.7 Å². The molecule has 2 aromatic carbocycles. The van der Waals surface area contributed by atoms with Crippen molar-refractivity contribution >= 4 is 17.5 Å². The van der Waals surface area contributed by atoms with Gasteiger partial charge in [-0.1, -0.05) is 24.3 Å². The first-order valence-electron chi connectivity index (χ1n) is 8.93. The molecule has 0 radical (unpaired) electrons. The van der Waals surface area contributed by atoms with Gasteiger partial charge in [0.05, 0.1) is 33.3 Å². The Bertz CT molecular complexity index is 1080. The van der Waals surface area contributed by atoms with Gasteiger partial charge >= 0.3 is 5.97 Å². The van der Waals surface area contributed by atoms with Crippen LogP contribution >= 0.6 is 0 Å². The van der Waals surface area contributed by atoms with E-state index in [2.05, 4.69) is 0 Å². The Labute approximate surface area is 166 Å². The molecule has 7 heteroatoms. The number of esters is 1. The van der Waals surface area contributed by atoms with E-state index in [0.29, 0.717) is 28.4 Å². The summed E-state index contributed by atoms with van der Waals surface area (Å²) in [4.78, 5) is 38.5. The summed E-state index contributed by atoms with van der Waals surface area (Å²) < 4.78 is 21.4. The van der Waals surface area contributed by atoms with Crippen LogP contribution < -0.4 is 14.2 Å². The summed E-state index contributed by atoms with van der Waals surface area (Å²) >= 11 is 0. The van der Waals surface area contributed by atoms with E-state index in [-0.39, 0.29) is 29.1 Å². The number of hydrogen-bond donors (Lipinski definition) is 0. The number of ether oxygens (including phenoxy) is 4. The van der Waals surface area contributed by atoms with E-state index in [9.17, 15) is 14.4 Å². The fourth-order valence-corrected chi connectivity index (χ4v) is 3.80. The van der Waals surface area contributed by atoms with Crippen LogP contribution in [0.1, 0.15) is 38.6 Å². The third kappa shape index (κ3) is 2.86. The summed E-state index contributed by atoms with van der Waals surface area (Å²) in [5.74, 6) is -1.08. The number of ketones is 2. The van der Waals surface area contributed by atoms with Crippen LogP contribution in [0, 0.1) is 0 Å². The molecule has 1 heterocycles. The minimum atomic E-state index is -0.717. The molecule has 2 aliphatic rings. The van der Waals surface area contributed by atoms with Crippen LogP contribution in [0.4, 0.5) is 0 Å². The van der Waals surface area contributed by atoms with Crippen molar-refractivity contribution in [3.63, 3.8) is 0 Å². The van der Waals surface area contributed by atoms with E-state index in [0.717, 1.165) is 0 Å². The Kier molecular flexibility index (Phi) is 4.58. The summed E-state index contributed by atoms with van der Waals surface area (Å²) in [5, 5.41) is 0. The van der Waals surface area contributed by atoms with Crippen LogP contribution in [0.2, 0.25) is 0 Å². The van der Waals surface area contributed by atoms with E-state index >= 15 is 0 Å². The van der Waals surface area contributed by atoms with Crippen molar-refractivity contribution in [1.82, 2.24) is 0 Å². The second-order valence-corrected chi connectivity index (χ2v) is 6.63. The van der Waals surface area contributed by atoms with Crippen LogP contribution in [0.3, 0.4) is 0 Å². The fraction of sp³-hybridized carbons (Fsp3) is 0.227. The highest BCUT2D eigenvalue weighted by Crippen LogP contribution is 2.46. The first-order chi connectivity index (χ1) is 14.0. The number of allylic oxidation sites excluding steroid dienone is 2. The first-order valence-corrected chi connectivity index (χ1v) is 8.93. The second kappa shape index (κ2) is 7.09. The van der Waals surface area contributed by atoms with Gasteiger partial charge in [-0.3, -0.25) is 14.4 Å². The fourth-order valence-electron chi connectivity index (χ4n) is 3.80. The molecule has 7 nitrogen and oxygen atoms in total. The van der Waals surface area contributed by atoms with Gasteiger partial charge in [-0.25, -0.2) is 0 Å². The molecule has 29 heavy (non-hydrogen) atoms. The quantitative estimate of drug-likeness (QED) is 0.737. The van der Waals surface area contributed by atoms with Crippen LogP contribution in [-0.2, 0) is 9.53 Å². The van der Waals surface area contributed by atoms with Gasteiger partial charge in [0.25, 0.3) is 0 Å². The smallest absolute Gasteiger partial charge is 0.312 e. The average Bonchev–Trinajstić information content (AvgIpc) is 2.75. The molecule has 1 atom stereocenters. The molecule has 0 N–H and O–H groups in total. The van der Waals surface area contributed by atoms with E-state index in [1.54, 1.807) is 36.4 Å². The lowest BCUT2D eigenvalue weighted by molar-refractivity contribution is -0.140. The van der Waals surface area contributed by atoms with Crippen molar-refractivity contribution in [3.8, 4) is 17.2 Å². The van der Waals surface area contributed by atoms with Crippen LogP contribution in [0.25, 0.3) is 0 Å². The Balaban J connectivity index is 1.94. The minimum absolute atomic E-state index is 0.105. The summed E-state index contributed by atoms with van der Waals surface area (Å²) in [6, 6.07) is 9.78. The summed E-state index contributed by atoms with van der Waals surface area (Å²) in [7, 11) is 4.46. The maximum Gasteiger partial charge on any atom is 0.312 e. The Hall–Kier alpha value is -3.61. The van der Waals surface area contributed by atoms with Crippen LogP contribution in [-0.4, -0.2) is 38.9 Å². The van der Waals surface area contributed by atoms with E-state index < -0.39 is 17.7 Å². The van der Waals surface area contributed by atoms with Crippen LogP contribution in [0.5, 0.6) is 17.2 Å². The Morgan fingerprint density at radius 1 is 0.828 bits per heavy atom. The molecule has 0 bridgehead atoms. The van der Waals surface area contributed by atoms with Gasteiger partial charge in [-0.2, -0.15) is 0 Å². The van der Waals surface area contributed by atoms with Crippen LogP contribution in [0.15, 0.2) is 47.7 Å². The lowest BCUT2D eigenvalue weighted by Gasteiger charge is -2.30. The molecule has 1 aliphatic heterocycles. The third-order valence-electron chi connectivity index (χ3n) is 5.16. The van der Waals surface area contributed by atoms with Crippen molar-refractivity contribution in [2.75, 3.05) is 21.3 Å². The number of carbonyl (C=O) groups is 3. The summed E-state index contributed by atoms with van der Waals surface area (Å²) in [5.41, 5.74) is 1.20. The zero-order valence-electron chi connectivity index (χ0n) is 16.1. The molecule has 0 saturated carbocycles. The van der Waals surface area contributed by atoms with Crippen molar-refractivity contribution in [2.45, 2.75) is 12.3 Å². The Morgan fingerprint density at radius 3 is 2.03 bits per heavy atom. The topological polar surface area (TPSA) is 88.1 Å². The zero-order chi connectivity index (χ0) is 20.7. The van der Waals surface area contributed by atoms with E-state index in [1.165, 1.54) is 21.3 Å². The zero-order valence-corrected chi connectivity index (χ0v) is 16.1. The molecule has 0 spiro atoms. The number of hydrogen-bond acceptors (Lipinski definition) is 7. The summed E-state index contributed by atoms with van der Waals surface area (Å²) in [6.45, 7) is 0. The maximum atomic E-state index is 13.3. The van der Waals surface area contributed by atoms with Gasteiger partial charge in [0.2, 0.25) is 5.78 Å². The van der Waals surface area contributed by atoms with Crippen molar-refractivity contribution < 1.29 is 33.3 Å². The highest BCUT2D eigenvalue weighted by atomic mass is 16.5. The molecule has 4 rings (SSSR count). The number of benzene rings is 2. The monoisotopic (exact) mass is 394 g/mol. The SMILES string of the molecule is COc1cc(OC)c([C@@H]2CC(=O)OC3=C2C(=O)c2ccccc2C3=O)cc1OC. The van der Waals surface area contributed by atoms with E-state index in [1.807, 2.05) is 0 Å². The molecule has 0 unspecified atom stereocenters. The highest BCUT2D eigenvalue weighted by molar-refractivity contribution is 6.27. The van der Waals surface area contributed by atoms with Gasteiger partial charge in [0.15, 0.2) is 23.0 Å². The van der Waals surface area contributed by atoms with Crippen molar-refractivity contribution in [2.24, 2.45) is 0 Å². The molecule has 0 fully saturated rings. The molecule has 1 aliphatic carbocycles. The maximum absolute atomic E-state index is 13.3. The van der Waals surface area contributed by atoms with Crippen molar-refractivity contribution in [1.29, 1.82) is 0 Å². The van der Waals surface area contributed by atoms with Gasteiger partial charge < -0.3 is 18.9 Å². The number of carbonyl (C=O) groups excluding carboxylic acids is 3. The molecule has 0 aromatic heterocycles. The molecular formula is C22H18O7. The second-order valence-electron chi connectivity index (χ2n) is 6.63. The number of fused-ring (bicyclic) bond motifs is 1. The lowest BCUT2D eigenvalue weighted by Crippen LogP contribution is -2.33. The average molecular weight is 394 g/mol. The minimum Gasteiger partial charge on any atom is -0.496 e. The summed E-state index contributed by atoms with van der Waals surface area (Å²) in [6.07, 6.45) is -0.105. The largest absolute Gasteiger partial charge is 0.496 e. The Morgan fingerprint density at radius 2 is 1.41 bits per heavy atom. The normalized spacial score (nSPS) is 18.0. The van der Waals surface area contributed by atoms with Gasteiger partial charge in [-0.15, -0.1) is 0 Å². The molecule has 148 valence electrons. The highest BCUT2D eigenvalue weighted by Gasteiger charge is 2.43. The molecular weight excluding hydrogens is 376 g/mol. The number of rotatable bonds is 4. The molecule has 2 aromatic rings. The first kappa shape index (κ1) is 18.7. The van der Waals surface area contributed by atoms with Crippen molar-refractivity contribution in [3.05, 3.63) is 64.4 Å². The predicted octanol–water partition coefficient (Wildman–Crippen LogP) is 3.08. The van der Waals surface area contributed by atoms with Gasteiger partial charge in [0.1, 0.15) is 5.75 Å². The predicted molar refractivity (Wildman–Crippen MR) is 102 cm³/mol. The standard InChI is InChI=1S/C22H18O7/c1-26-15-10-17(28-3)16(27-2)8-13(15)14-9-18(23)29-22-19(14)20(24)11-6-4-5-7-12(11)21(22)25/h4-8,10,14H,9H2,1-3H3/t14-/m0/s1. The molecule has 0 saturated heterocycles. The third-order valence-corrected chi connectivity index (χ3v) is 5.16.